The lowest BCUT2D eigenvalue weighted by molar-refractivity contribution is 0.102. The van der Waals surface area contributed by atoms with E-state index in [4.69, 9.17) is 9.15 Å². The summed E-state index contributed by atoms with van der Waals surface area (Å²) in [6.45, 7) is 4.63. The zero-order valence-corrected chi connectivity index (χ0v) is 15.1. The fraction of sp³-hybridized carbons (Fsp3) is 0.333. The number of amides is 1. The quantitative estimate of drug-likeness (QED) is 0.743. The largest absolute Gasteiger partial charge is 0.442 e. The number of rotatable bonds is 3. The number of hydrogen-bond acceptors (Lipinski definition) is 7. The Kier molecular flexibility index (Phi) is 4.36. The van der Waals surface area contributed by atoms with Gasteiger partial charge in [-0.1, -0.05) is 0 Å². The number of anilines is 2. The fourth-order valence-electron chi connectivity index (χ4n) is 3.11. The summed E-state index contributed by atoms with van der Waals surface area (Å²) in [5, 5.41) is 2.89. The van der Waals surface area contributed by atoms with Crippen LogP contribution in [-0.4, -0.2) is 46.7 Å². The number of morpholine rings is 1. The van der Waals surface area contributed by atoms with Crippen molar-refractivity contribution in [3.8, 4) is 0 Å². The van der Waals surface area contributed by atoms with Crippen LogP contribution >= 0.6 is 0 Å². The van der Waals surface area contributed by atoms with E-state index in [2.05, 4.69) is 20.2 Å². The molecule has 3 aromatic rings. The number of fused-ring (bicyclic) bond motifs is 1. The number of carbonyl (C=O) groups excluding carboxylic acids is 1. The smallest absolute Gasteiger partial charge is 0.265 e. The van der Waals surface area contributed by atoms with E-state index in [1.54, 1.807) is 26.2 Å². The van der Waals surface area contributed by atoms with Gasteiger partial charge in [0.25, 0.3) is 11.5 Å². The van der Waals surface area contributed by atoms with E-state index in [0.29, 0.717) is 24.8 Å². The summed E-state index contributed by atoms with van der Waals surface area (Å²) in [6, 6.07) is 3.63. The molecule has 9 nitrogen and oxygen atoms in total. The van der Waals surface area contributed by atoms with Gasteiger partial charge in [-0.2, -0.15) is 0 Å². The summed E-state index contributed by atoms with van der Waals surface area (Å²) in [7, 11) is 1.57. The lowest BCUT2D eigenvalue weighted by Gasteiger charge is -2.28. The van der Waals surface area contributed by atoms with Gasteiger partial charge in [-0.15, -0.1) is 0 Å². The molecule has 0 aliphatic carbocycles. The highest BCUT2D eigenvalue weighted by atomic mass is 16.5. The molecule has 0 spiro atoms. The second kappa shape index (κ2) is 6.84. The number of carbonyl (C=O) groups is 1. The molecule has 0 aromatic carbocycles. The molecule has 3 aromatic heterocycles. The van der Waals surface area contributed by atoms with Crippen LogP contribution in [0.15, 0.2) is 33.9 Å². The van der Waals surface area contributed by atoms with Crippen molar-refractivity contribution in [3.63, 3.8) is 0 Å². The molecule has 140 valence electrons. The van der Waals surface area contributed by atoms with Gasteiger partial charge in [-0.05, 0) is 19.1 Å². The summed E-state index contributed by atoms with van der Waals surface area (Å²) in [4.78, 5) is 35.7. The molecule has 0 atom stereocenters. The molecule has 0 bridgehead atoms. The van der Waals surface area contributed by atoms with Gasteiger partial charge in [0.15, 0.2) is 0 Å². The van der Waals surface area contributed by atoms with Gasteiger partial charge in [0, 0.05) is 20.1 Å². The summed E-state index contributed by atoms with van der Waals surface area (Å²) in [5.74, 6) is 0.276. The predicted octanol–water partition coefficient (Wildman–Crippen LogP) is 1.32. The van der Waals surface area contributed by atoms with E-state index in [1.165, 1.54) is 10.9 Å². The monoisotopic (exact) mass is 369 g/mol. The van der Waals surface area contributed by atoms with Gasteiger partial charge < -0.3 is 23.9 Å². The Hall–Kier alpha value is -3.20. The Labute approximate surface area is 154 Å². The average molecular weight is 369 g/mol. The summed E-state index contributed by atoms with van der Waals surface area (Å²) < 4.78 is 12.1. The van der Waals surface area contributed by atoms with Crippen molar-refractivity contribution in [1.82, 2.24) is 14.5 Å². The van der Waals surface area contributed by atoms with Crippen LogP contribution < -0.4 is 15.8 Å². The lowest BCUT2D eigenvalue weighted by Crippen LogP contribution is -2.36. The highest BCUT2D eigenvalue weighted by Crippen LogP contribution is 2.22. The maximum absolute atomic E-state index is 12.7. The first-order valence-electron chi connectivity index (χ1n) is 8.59. The molecule has 1 saturated heterocycles. The van der Waals surface area contributed by atoms with E-state index >= 15 is 0 Å². The number of nitrogens with zero attached hydrogens (tertiary/aromatic N) is 4. The fourth-order valence-corrected chi connectivity index (χ4v) is 3.11. The van der Waals surface area contributed by atoms with Crippen molar-refractivity contribution in [2.24, 2.45) is 7.05 Å². The Morgan fingerprint density at radius 1 is 1.22 bits per heavy atom. The van der Waals surface area contributed by atoms with Gasteiger partial charge in [0.2, 0.25) is 5.71 Å². The number of aromatic nitrogens is 3. The molecule has 4 rings (SSSR count). The molecular formula is C18H19N5O4. The first-order chi connectivity index (χ1) is 13.0. The second-order valence-corrected chi connectivity index (χ2v) is 6.33. The van der Waals surface area contributed by atoms with Crippen LogP contribution in [0, 0.1) is 6.92 Å². The molecule has 1 fully saturated rings. The Bertz CT molecular complexity index is 1050. The van der Waals surface area contributed by atoms with Crippen molar-refractivity contribution in [3.05, 3.63) is 46.3 Å². The second-order valence-electron chi connectivity index (χ2n) is 6.33. The minimum Gasteiger partial charge on any atom is -0.442 e. The van der Waals surface area contributed by atoms with E-state index in [0.717, 1.165) is 18.8 Å². The number of pyridine rings is 1. The first kappa shape index (κ1) is 17.2. The zero-order chi connectivity index (χ0) is 19.0. The molecule has 0 unspecified atom stereocenters. The highest BCUT2D eigenvalue weighted by molar-refractivity contribution is 6.12. The molecule has 1 aliphatic rings. The Morgan fingerprint density at radius 3 is 2.70 bits per heavy atom. The van der Waals surface area contributed by atoms with Crippen molar-refractivity contribution in [2.45, 2.75) is 6.92 Å². The molecule has 1 aliphatic heterocycles. The molecule has 0 saturated carbocycles. The van der Waals surface area contributed by atoms with Crippen LogP contribution in [0.25, 0.3) is 11.1 Å². The number of aryl methyl sites for hydroxylation is 2. The summed E-state index contributed by atoms with van der Waals surface area (Å²) in [5.41, 5.74) is 0.964. The minimum atomic E-state index is -0.456. The van der Waals surface area contributed by atoms with Crippen molar-refractivity contribution < 1.29 is 13.9 Å². The molecule has 0 radical (unpaired) electrons. The van der Waals surface area contributed by atoms with E-state index < -0.39 is 5.91 Å². The predicted molar refractivity (Wildman–Crippen MR) is 99.2 cm³/mol. The topological polar surface area (TPSA) is 102 Å². The standard InChI is InChI=1S/C18H19N5O4/c1-11-14(15-17(27-11)20-10-22(2)18(15)25)16(24)21-13-4-3-12(9-19-13)23-5-7-26-8-6-23/h3-4,9-10H,5-8H2,1-2H3,(H,19,21,24). The van der Waals surface area contributed by atoms with Gasteiger partial charge in [0.05, 0.1) is 30.7 Å². The molecular weight excluding hydrogens is 350 g/mol. The maximum atomic E-state index is 12.7. The Balaban J connectivity index is 1.59. The number of furan rings is 1. The zero-order valence-electron chi connectivity index (χ0n) is 15.1. The van der Waals surface area contributed by atoms with Gasteiger partial charge >= 0.3 is 0 Å². The lowest BCUT2D eigenvalue weighted by atomic mass is 10.2. The van der Waals surface area contributed by atoms with E-state index in [-0.39, 0.29) is 22.2 Å². The Morgan fingerprint density at radius 2 is 2.00 bits per heavy atom. The number of ether oxygens (including phenoxy) is 1. The minimum absolute atomic E-state index is 0.149. The van der Waals surface area contributed by atoms with Crippen LogP contribution in [0.1, 0.15) is 16.1 Å². The third-order valence-electron chi connectivity index (χ3n) is 4.54. The molecule has 1 amide bonds. The van der Waals surface area contributed by atoms with Crippen LogP contribution in [0.2, 0.25) is 0 Å². The van der Waals surface area contributed by atoms with Crippen LogP contribution in [-0.2, 0) is 11.8 Å². The van der Waals surface area contributed by atoms with Gasteiger partial charge in [-0.3, -0.25) is 9.59 Å². The molecule has 27 heavy (non-hydrogen) atoms. The van der Waals surface area contributed by atoms with Crippen LogP contribution in [0.4, 0.5) is 11.5 Å². The summed E-state index contributed by atoms with van der Waals surface area (Å²) in [6.07, 6.45) is 3.07. The molecule has 9 heteroatoms. The molecule has 4 heterocycles. The third-order valence-corrected chi connectivity index (χ3v) is 4.54. The maximum Gasteiger partial charge on any atom is 0.265 e. The summed E-state index contributed by atoms with van der Waals surface area (Å²) >= 11 is 0. The van der Waals surface area contributed by atoms with Crippen molar-refractivity contribution >= 4 is 28.5 Å². The first-order valence-corrected chi connectivity index (χ1v) is 8.59. The normalized spacial score (nSPS) is 14.5. The van der Waals surface area contributed by atoms with Crippen LogP contribution in [0.3, 0.4) is 0 Å². The van der Waals surface area contributed by atoms with E-state index in [9.17, 15) is 9.59 Å². The van der Waals surface area contributed by atoms with E-state index in [1.807, 2.05) is 6.07 Å². The number of nitrogens with one attached hydrogen (secondary N) is 1. The third kappa shape index (κ3) is 3.17. The van der Waals surface area contributed by atoms with Crippen molar-refractivity contribution in [2.75, 3.05) is 36.5 Å². The molecule has 1 N–H and O–H groups in total. The SMILES string of the molecule is Cc1oc2ncn(C)c(=O)c2c1C(=O)Nc1ccc(N2CCOCC2)cn1. The highest BCUT2D eigenvalue weighted by Gasteiger charge is 2.23. The van der Waals surface area contributed by atoms with Gasteiger partial charge in [-0.25, -0.2) is 9.97 Å². The number of hydrogen-bond donors (Lipinski definition) is 1. The average Bonchev–Trinajstić information content (AvgIpc) is 3.03. The van der Waals surface area contributed by atoms with Crippen LogP contribution in [0.5, 0.6) is 0 Å². The van der Waals surface area contributed by atoms with Gasteiger partial charge in [0.1, 0.15) is 23.3 Å². The van der Waals surface area contributed by atoms with Crippen molar-refractivity contribution in [1.29, 1.82) is 0 Å².